The number of carbonyl (C=O) groups excluding carboxylic acids is 1. The molecule has 1 aliphatic rings. The van der Waals surface area contributed by atoms with E-state index >= 15 is 0 Å². The van der Waals surface area contributed by atoms with Crippen molar-refractivity contribution < 1.29 is 9.53 Å². The van der Waals surface area contributed by atoms with Crippen molar-refractivity contribution in [1.29, 1.82) is 0 Å². The van der Waals surface area contributed by atoms with Gasteiger partial charge in [0, 0.05) is 13.0 Å². The van der Waals surface area contributed by atoms with Crippen molar-refractivity contribution in [2.75, 3.05) is 11.1 Å². The van der Waals surface area contributed by atoms with Crippen LogP contribution in [0.5, 0.6) is 5.75 Å². The SMILES string of the molecule is CCCC1CC1Nc1sc(C(C)=O)c(N)c1OC(C)C. The van der Waals surface area contributed by atoms with E-state index in [0.717, 1.165) is 10.9 Å². The summed E-state index contributed by atoms with van der Waals surface area (Å²) in [4.78, 5) is 12.2. The van der Waals surface area contributed by atoms with Gasteiger partial charge in [-0.25, -0.2) is 0 Å². The summed E-state index contributed by atoms with van der Waals surface area (Å²) >= 11 is 1.41. The fraction of sp³-hybridized carbons (Fsp3) is 0.667. The molecule has 0 saturated heterocycles. The Kier molecular flexibility index (Phi) is 4.58. The fourth-order valence-electron chi connectivity index (χ4n) is 2.42. The molecule has 1 aromatic rings. The van der Waals surface area contributed by atoms with E-state index in [2.05, 4.69) is 12.2 Å². The highest BCUT2D eigenvalue weighted by atomic mass is 32.1. The van der Waals surface area contributed by atoms with Crippen LogP contribution in [0.1, 0.15) is 56.6 Å². The van der Waals surface area contributed by atoms with Crippen LogP contribution >= 0.6 is 11.3 Å². The van der Waals surface area contributed by atoms with E-state index in [1.165, 1.54) is 30.6 Å². The Morgan fingerprint density at radius 3 is 2.80 bits per heavy atom. The van der Waals surface area contributed by atoms with Crippen LogP contribution in [0.25, 0.3) is 0 Å². The molecule has 0 spiro atoms. The predicted octanol–water partition coefficient (Wildman–Crippen LogP) is 3.92. The molecule has 1 aliphatic carbocycles. The molecule has 2 rings (SSSR count). The van der Waals surface area contributed by atoms with Gasteiger partial charge in [-0.05, 0) is 32.6 Å². The molecular weight excluding hydrogens is 272 g/mol. The number of rotatable bonds is 7. The van der Waals surface area contributed by atoms with E-state index < -0.39 is 0 Å². The maximum atomic E-state index is 11.6. The monoisotopic (exact) mass is 296 g/mol. The molecule has 1 aromatic heterocycles. The van der Waals surface area contributed by atoms with E-state index in [1.807, 2.05) is 13.8 Å². The van der Waals surface area contributed by atoms with Crippen molar-refractivity contribution in [3.8, 4) is 5.75 Å². The first-order chi connectivity index (χ1) is 9.43. The third-order valence-electron chi connectivity index (χ3n) is 3.47. The van der Waals surface area contributed by atoms with Gasteiger partial charge in [-0.3, -0.25) is 4.79 Å². The second-order valence-corrected chi connectivity index (χ2v) is 6.78. The number of ketones is 1. The molecule has 0 amide bonds. The highest BCUT2D eigenvalue weighted by molar-refractivity contribution is 7.19. The molecule has 20 heavy (non-hydrogen) atoms. The number of hydrogen-bond acceptors (Lipinski definition) is 5. The molecule has 3 N–H and O–H groups in total. The van der Waals surface area contributed by atoms with Crippen molar-refractivity contribution in [2.45, 2.75) is 59.1 Å². The lowest BCUT2D eigenvalue weighted by Gasteiger charge is -2.12. The van der Waals surface area contributed by atoms with Crippen molar-refractivity contribution >= 4 is 27.8 Å². The maximum Gasteiger partial charge on any atom is 0.177 e. The minimum Gasteiger partial charge on any atom is -0.486 e. The summed E-state index contributed by atoms with van der Waals surface area (Å²) in [5.74, 6) is 1.39. The van der Waals surface area contributed by atoms with Crippen LogP contribution in [0.15, 0.2) is 0 Å². The number of ether oxygens (including phenoxy) is 1. The fourth-order valence-corrected chi connectivity index (χ4v) is 3.43. The van der Waals surface area contributed by atoms with Crippen LogP contribution in [-0.4, -0.2) is 17.9 Å². The molecule has 1 saturated carbocycles. The smallest absolute Gasteiger partial charge is 0.177 e. The second kappa shape index (κ2) is 6.04. The lowest BCUT2D eigenvalue weighted by Crippen LogP contribution is -2.10. The Bertz CT molecular complexity index is 496. The summed E-state index contributed by atoms with van der Waals surface area (Å²) in [5.41, 5.74) is 6.55. The zero-order valence-corrected chi connectivity index (χ0v) is 13.5. The number of Topliss-reactive ketones (excluding diaryl/α,β-unsaturated/α-hetero) is 1. The normalized spacial score (nSPS) is 21.1. The molecule has 112 valence electrons. The van der Waals surface area contributed by atoms with Gasteiger partial charge in [-0.15, -0.1) is 11.3 Å². The van der Waals surface area contributed by atoms with E-state index in [1.54, 1.807) is 6.92 Å². The van der Waals surface area contributed by atoms with Crippen LogP contribution in [-0.2, 0) is 0 Å². The van der Waals surface area contributed by atoms with Gasteiger partial charge < -0.3 is 15.8 Å². The molecule has 2 unspecified atom stereocenters. The van der Waals surface area contributed by atoms with Gasteiger partial charge in [0.1, 0.15) is 5.00 Å². The van der Waals surface area contributed by atoms with Crippen molar-refractivity contribution in [1.82, 2.24) is 0 Å². The first-order valence-corrected chi connectivity index (χ1v) is 8.12. The van der Waals surface area contributed by atoms with Gasteiger partial charge in [0.2, 0.25) is 0 Å². The van der Waals surface area contributed by atoms with Gasteiger partial charge in [-0.2, -0.15) is 0 Å². The quantitative estimate of drug-likeness (QED) is 0.748. The number of nitrogens with one attached hydrogen (secondary N) is 1. The molecule has 1 fully saturated rings. The van der Waals surface area contributed by atoms with Crippen LogP contribution in [0.2, 0.25) is 0 Å². The Balaban J connectivity index is 2.18. The Morgan fingerprint density at radius 1 is 1.55 bits per heavy atom. The molecule has 5 heteroatoms. The molecule has 0 aliphatic heterocycles. The third kappa shape index (κ3) is 3.26. The molecule has 0 bridgehead atoms. The van der Waals surface area contributed by atoms with Gasteiger partial charge in [0.15, 0.2) is 11.5 Å². The van der Waals surface area contributed by atoms with Gasteiger partial charge in [0.05, 0.1) is 16.7 Å². The van der Waals surface area contributed by atoms with Crippen molar-refractivity contribution in [3.05, 3.63) is 4.88 Å². The summed E-state index contributed by atoms with van der Waals surface area (Å²) in [6.45, 7) is 7.68. The number of hydrogen-bond donors (Lipinski definition) is 2. The van der Waals surface area contributed by atoms with E-state index in [4.69, 9.17) is 10.5 Å². The van der Waals surface area contributed by atoms with Crippen molar-refractivity contribution in [2.24, 2.45) is 5.92 Å². The lowest BCUT2D eigenvalue weighted by molar-refractivity contribution is 0.102. The number of nitrogen functional groups attached to an aromatic ring is 1. The minimum absolute atomic E-state index is 0.00457. The highest BCUT2D eigenvalue weighted by Gasteiger charge is 2.37. The number of carbonyl (C=O) groups is 1. The van der Waals surface area contributed by atoms with Gasteiger partial charge in [0.25, 0.3) is 0 Å². The summed E-state index contributed by atoms with van der Waals surface area (Å²) < 4.78 is 5.80. The zero-order chi connectivity index (χ0) is 14.9. The molecule has 0 aromatic carbocycles. The molecule has 1 heterocycles. The van der Waals surface area contributed by atoms with Crippen LogP contribution in [0.3, 0.4) is 0 Å². The minimum atomic E-state index is -0.00457. The molecular formula is C15H24N2O2S. The summed E-state index contributed by atoms with van der Waals surface area (Å²) in [6, 6.07) is 0.502. The Labute approximate surface area is 124 Å². The average Bonchev–Trinajstić information content (AvgIpc) is 3.01. The summed E-state index contributed by atoms with van der Waals surface area (Å²) in [6.07, 6.45) is 3.70. The first kappa shape index (κ1) is 15.2. The highest BCUT2D eigenvalue weighted by Crippen LogP contribution is 2.47. The second-order valence-electron chi connectivity index (χ2n) is 5.76. The van der Waals surface area contributed by atoms with Gasteiger partial charge >= 0.3 is 0 Å². The standard InChI is InChI=1S/C15H24N2O2S/c1-5-6-10-7-11(10)17-15-13(19-8(2)3)12(16)14(20-15)9(4)18/h8,10-11,17H,5-7,16H2,1-4H3. The molecule has 0 radical (unpaired) electrons. The van der Waals surface area contributed by atoms with E-state index in [0.29, 0.717) is 22.4 Å². The summed E-state index contributed by atoms with van der Waals surface area (Å²) in [7, 11) is 0. The third-order valence-corrected chi connectivity index (χ3v) is 4.69. The lowest BCUT2D eigenvalue weighted by atomic mass is 10.2. The van der Waals surface area contributed by atoms with Crippen LogP contribution in [0, 0.1) is 5.92 Å². The molecule has 2 atom stereocenters. The maximum absolute atomic E-state index is 11.6. The van der Waals surface area contributed by atoms with Crippen molar-refractivity contribution in [3.63, 3.8) is 0 Å². The summed E-state index contributed by atoms with van der Waals surface area (Å²) in [5, 5.41) is 4.41. The largest absolute Gasteiger partial charge is 0.486 e. The average molecular weight is 296 g/mol. The predicted molar refractivity (Wildman–Crippen MR) is 84.9 cm³/mol. The first-order valence-electron chi connectivity index (χ1n) is 7.30. The molecule has 4 nitrogen and oxygen atoms in total. The zero-order valence-electron chi connectivity index (χ0n) is 12.7. The van der Waals surface area contributed by atoms with Crippen LogP contribution < -0.4 is 15.8 Å². The van der Waals surface area contributed by atoms with E-state index in [9.17, 15) is 4.79 Å². The number of anilines is 2. The Hall–Kier alpha value is -1.23. The topological polar surface area (TPSA) is 64.4 Å². The Morgan fingerprint density at radius 2 is 2.25 bits per heavy atom. The number of thiophene rings is 1. The van der Waals surface area contributed by atoms with Gasteiger partial charge in [-0.1, -0.05) is 13.3 Å². The van der Waals surface area contributed by atoms with E-state index in [-0.39, 0.29) is 11.9 Å². The van der Waals surface area contributed by atoms with Crippen LogP contribution in [0.4, 0.5) is 10.7 Å². The number of nitrogens with two attached hydrogens (primary N) is 1.